The molecular weight excluding hydrogens is 755 g/mol. The van der Waals surface area contributed by atoms with Crippen LogP contribution in [-0.2, 0) is 10.8 Å². The van der Waals surface area contributed by atoms with Crippen LogP contribution in [0.15, 0.2) is 167 Å². The average molecular weight is 803 g/mol. The molecular formula is C57H47BN2O2. The van der Waals surface area contributed by atoms with E-state index in [0.29, 0.717) is 0 Å². The van der Waals surface area contributed by atoms with Crippen LogP contribution in [0.25, 0.3) is 55.0 Å². The number of fused-ring (bicyclic) bond motifs is 10. The van der Waals surface area contributed by atoms with Crippen molar-refractivity contribution < 1.29 is 8.83 Å². The minimum Gasteiger partial charge on any atom is -0.456 e. The molecule has 2 aliphatic heterocycles. The quantitative estimate of drug-likeness (QED) is 0.167. The Balaban J connectivity index is 1.10. The number of hydrogen-bond acceptors (Lipinski definition) is 4. The lowest BCUT2D eigenvalue weighted by molar-refractivity contribution is 0.590. The molecule has 5 heteroatoms. The number of furan rings is 2. The number of anilines is 6. The van der Waals surface area contributed by atoms with E-state index in [1.165, 1.54) is 61.4 Å². The number of rotatable bonds is 3. The number of benzene rings is 8. The van der Waals surface area contributed by atoms with Crippen molar-refractivity contribution in [2.75, 3.05) is 9.80 Å². The van der Waals surface area contributed by atoms with Crippen LogP contribution in [0.2, 0.25) is 0 Å². The molecule has 62 heavy (non-hydrogen) atoms. The molecule has 10 aromatic rings. The highest BCUT2D eigenvalue weighted by Gasteiger charge is 2.44. The van der Waals surface area contributed by atoms with Crippen molar-refractivity contribution in [3.05, 3.63) is 174 Å². The van der Waals surface area contributed by atoms with Gasteiger partial charge in [0, 0.05) is 61.7 Å². The van der Waals surface area contributed by atoms with Gasteiger partial charge in [-0.2, -0.15) is 0 Å². The van der Waals surface area contributed by atoms with E-state index in [2.05, 4.69) is 204 Å². The Bertz CT molecular complexity index is 3470. The van der Waals surface area contributed by atoms with Gasteiger partial charge in [0.15, 0.2) is 0 Å². The van der Waals surface area contributed by atoms with Crippen molar-refractivity contribution in [3.63, 3.8) is 0 Å². The summed E-state index contributed by atoms with van der Waals surface area (Å²) >= 11 is 0. The van der Waals surface area contributed by atoms with Crippen LogP contribution in [0.4, 0.5) is 34.1 Å². The molecule has 12 rings (SSSR count). The molecule has 0 fully saturated rings. The molecule has 0 N–H and O–H groups in total. The predicted molar refractivity (Wildman–Crippen MR) is 263 cm³/mol. The fraction of sp³-hybridized carbons (Fsp3) is 0.158. The van der Waals surface area contributed by atoms with Gasteiger partial charge in [-0.25, -0.2) is 0 Å². The summed E-state index contributed by atoms with van der Waals surface area (Å²) < 4.78 is 12.8. The van der Waals surface area contributed by atoms with Gasteiger partial charge in [-0.1, -0.05) is 126 Å². The lowest BCUT2D eigenvalue weighted by Crippen LogP contribution is -2.61. The first-order valence-corrected chi connectivity index (χ1v) is 21.9. The third kappa shape index (κ3) is 5.47. The van der Waals surface area contributed by atoms with Crippen molar-refractivity contribution in [1.29, 1.82) is 0 Å². The lowest BCUT2D eigenvalue weighted by atomic mass is 9.33. The summed E-state index contributed by atoms with van der Waals surface area (Å²) in [4.78, 5) is 5.01. The van der Waals surface area contributed by atoms with Crippen LogP contribution in [0.3, 0.4) is 0 Å². The minimum atomic E-state index is -0.0328. The van der Waals surface area contributed by atoms with E-state index in [9.17, 15) is 0 Å². The zero-order chi connectivity index (χ0) is 42.2. The van der Waals surface area contributed by atoms with Gasteiger partial charge in [-0.3, -0.25) is 0 Å². The Morgan fingerprint density at radius 1 is 0.435 bits per heavy atom. The summed E-state index contributed by atoms with van der Waals surface area (Å²) in [5, 5.41) is 4.56. The molecule has 0 amide bonds. The van der Waals surface area contributed by atoms with Gasteiger partial charge in [0.1, 0.15) is 22.3 Å². The Hall–Kier alpha value is -6.98. The SMILES string of the molecule is Cc1cc2c3c(c1)N(c1ccc4c(c1)oc1ccccc14)c1ccc(C(C)(C)C)cc1B3c1cc(C(C)(C)C)ccc1N2c1ccc(-c2cccc3oc4ccccc4c23)cc1. The number of hydrogen-bond donors (Lipinski definition) is 0. The second-order valence-electron chi connectivity index (χ2n) is 19.5. The molecule has 2 aromatic heterocycles. The molecule has 0 aliphatic carbocycles. The Kier molecular flexibility index (Phi) is 7.73. The predicted octanol–water partition coefficient (Wildman–Crippen LogP) is 14.1. The third-order valence-corrected chi connectivity index (χ3v) is 13.4. The van der Waals surface area contributed by atoms with Crippen LogP contribution in [-0.4, -0.2) is 6.71 Å². The summed E-state index contributed by atoms with van der Waals surface area (Å²) in [6, 6.07) is 58.2. The zero-order valence-corrected chi connectivity index (χ0v) is 36.3. The van der Waals surface area contributed by atoms with Gasteiger partial charge in [-0.05, 0) is 129 Å². The molecule has 4 nitrogen and oxygen atoms in total. The number of aryl methyl sites for hydroxylation is 1. The smallest absolute Gasteiger partial charge is 0.252 e. The second kappa shape index (κ2) is 13.0. The zero-order valence-electron chi connectivity index (χ0n) is 36.3. The van der Waals surface area contributed by atoms with E-state index in [0.717, 1.165) is 60.8 Å². The summed E-state index contributed by atoms with van der Waals surface area (Å²) in [6.07, 6.45) is 0. The molecule has 0 radical (unpaired) electrons. The van der Waals surface area contributed by atoms with Gasteiger partial charge in [0.05, 0.1) is 0 Å². The molecule has 0 saturated carbocycles. The van der Waals surface area contributed by atoms with Gasteiger partial charge < -0.3 is 18.6 Å². The van der Waals surface area contributed by atoms with Crippen molar-refractivity contribution >= 4 is 101 Å². The maximum absolute atomic E-state index is 6.53. The fourth-order valence-electron chi connectivity index (χ4n) is 10.3. The topological polar surface area (TPSA) is 32.8 Å². The molecule has 8 aromatic carbocycles. The van der Waals surface area contributed by atoms with E-state index in [-0.39, 0.29) is 17.5 Å². The fourth-order valence-corrected chi connectivity index (χ4v) is 10.3. The van der Waals surface area contributed by atoms with Crippen molar-refractivity contribution in [1.82, 2.24) is 0 Å². The summed E-state index contributed by atoms with van der Waals surface area (Å²) in [5.41, 5.74) is 20.7. The molecule has 0 unspecified atom stereocenters. The average Bonchev–Trinajstić information content (AvgIpc) is 3.83. The van der Waals surface area contributed by atoms with Gasteiger partial charge in [0.25, 0.3) is 6.71 Å². The first-order chi connectivity index (χ1) is 29.9. The third-order valence-electron chi connectivity index (χ3n) is 13.4. The van der Waals surface area contributed by atoms with Gasteiger partial charge >= 0.3 is 0 Å². The second-order valence-corrected chi connectivity index (χ2v) is 19.5. The minimum absolute atomic E-state index is 0.0175. The lowest BCUT2D eigenvalue weighted by Gasteiger charge is -2.45. The summed E-state index contributed by atoms with van der Waals surface area (Å²) in [6.45, 7) is 16.2. The number of nitrogens with zero attached hydrogens (tertiary/aromatic N) is 2. The molecule has 0 bridgehead atoms. The maximum atomic E-state index is 6.53. The van der Waals surface area contributed by atoms with Crippen LogP contribution in [0.1, 0.15) is 58.2 Å². The molecule has 2 aliphatic rings. The first-order valence-electron chi connectivity index (χ1n) is 21.9. The van der Waals surface area contributed by atoms with Crippen LogP contribution in [0, 0.1) is 6.92 Å². The van der Waals surface area contributed by atoms with Gasteiger partial charge in [-0.15, -0.1) is 0 Å². The van der Waals surface area contributed by atoms with E-state index in [1.807, 2.05) is 12.1 Å². The van der Waals surface area contributed by atoms with E-state index < -0.39 is 0 Å². The van der Waals surface area contributed by atoms with E-state index in [4.69, 9.17) is 8.83 Å². The van der Waals surface area contributed by atoms with Crippen LogP contribution < -0.4 is 26.2 Å². The van der Waals surface area contributed by atoms with Gasteiger partial charge in [0.2, 0.25) is 0 Å². The summed E-state index contributed by atoms with van der Waals surface area (Å²) in [5.74, 6) is 0. The Morgan fingerprint density at radius 2 is 0.968 bits per heavy atom. The Morgan fingerprint density at radius 3 is 1.61 bits per heavy atom. The standard InChI is InChI=1S/C57H47BN2O2/c1-34-29-48-55-49(30-34)60(39-25-26-42-41-13-8-10-16-50(41)62-53(42)33-39)47-28-22-37(57(5,6)7)32-45(47)58(55)44-31-36(56(2,3)4)21-27-46(44)59(48)38-23-19-35(20-24-38)40-15-12-18-52-54(40)43-14-9-11-17-51(43)61-52/h8-33H,1-7H3. The molecule has 300 valence electrons. The first kappa shape index (κ1) is 36.8. The molecule has 4 heterocycles. The summed E-state index contributed by atoms with van der Waals surface area (Å²) in [7, 11) is 0. The Labute approximate surface area is 363 Å². The van der Waals surface area contributed by atoms with Crippen LogP contribution >= 0.6 is 0 Å². The van der Waals surface area contributed by atoms with E-state index >= 15 is 0 Å². The molecule has 0 spiro atoms. The highest BCUT2D eigenvalue weighted by Crippen LogP contribution is 2.47. The highest BCUT2D eigenvalue weighted by molar-refractivity contribution is 7.00. The number of para-hydroxylation sites is 2. The maximum Gasteiger partial charge on any atom is 0.252 e. The van der Waals surface area contributed by atoms with Crippen LogP contribution in [0.5, 0.6) is 0 Å². The largest absolute Gasteiger partial charge is 0.456 e. The highest BCUT2D eigenvalue weighted by atomic mass is 16.3. The van der Waals surface area contributed by atoms with Crippen molar-refractivity contribution in [2.24, 2.45) is 0 Å². The van der Waals surface area contributed by atoms with Crippen molar-refractivity contribution in [3.8, 4) is 11.1 Å². The molecule has 0 saturated heterocycles. The monoisotopic (exact) mass is 802 g/mol. The van der Waals surface area contributed by atoms with E-state index in [1.54, 1.807) is 0 Å². The molecule has 0 atom stereocenters. The van der Waals surface area contributed by atoms with Crippen molar-refractivity contribution in [2.45, 2.75) is 59.3 Å². The normalized spacial score (nSPS) is 13.6.